The molecule has 0 aromatic heterocycles. The van der Waals surface area contributed by atoms with E-state index in [9.17, 15) is 0 Å². The summed E-state index contributed by atoms with van der Waals surface area (Å²) in [5, 5.41) is 0. The van der Waals surface area contributed by atoms with Crippen LogP contribution in [0.1, 0.15) is 0 Å². The summed E-state index contributed by atoms with van der Waals surface area (Å²) < 4.78 is 26.7. The van der Waals surface area contributed by atoms with Gasteiger partial charge in [0.05, 0.1) is 0 Å². The van der Waals surface area contributed by atoms with Crippen LogP contribution in [0.15, 0.2) is 24.3 Å². The summed E-state index contributed by atoms with van der Waals surface area (Å²) in [4.78, 5) is 0. The van der Waals surface area contributed by atoms with Crippen molar-refractivity contribution in [3.05, 3.63) is 24.3 Å². The van der Waals surface area contributed by atoms with Crippen molar-refractivity contribution in [1.82, 2.24) is 0 Å². The maximum absolute atomic E-state index is 8.84. The normalized spacial score (nSPS) is 13.0. The first-order chi connectivity index (χ1) is 5.00. The topological polar surface area (TPSA) is 86.7 Å². The zero-order valence-electron chi connectivity index (χ0n) is 5.73. The van der Waals surface area contributed by atoms with Gasteiger partial charge in [-0.05, 0) is 0 Å². The summed E-state index contributed by atoms with van der Waals surface area (Å²) in [7, 11) is 0. The Morgan fingerprint density at radius 3 is 1.82 bits per heavy atom. The SMILES string of the molecule is Nc1ccc([AsH](O)(O)O)cc1. The molecule has 4 nitrogen and oxygen atoms in total. The van der Waals surface area contributed by atoms with E-state index in [0.717, 1.165) is 0 Å². The Kier molecular flexibility index (Phi) is 2.20. The molecule has 0 spiro atoms. The Morgan fingerprint density at radius 1 is 1.00 bits per heavy atom. The van der Waals surface area contributed by atoms with Crippen LogP contribution in [-0.2, 0) is 0 Å². The fourth-order valence-corrected chi connectivity index (χ4v) is 1.99. The molecule has 62 valence electrons. The van der Waals surface area contributed by atoms with Crippen molar-refractivity contribution >= 4 is 24.6 Å². The average molecular weight is 219 g/mol. The molecule has 0 aliphatic rings. The van der Waals surface area contributed by atoms with E-state index in [-0.39, 0.29) is 4.35 Å². The molecule has 0 bridgehead atoms. The fourth-order valence-electron chi connectivity index (χ4n) is 0.707. The Morgan fingerprint density at radius 2 is 1.45 bits per heavy atom. The third kappa shape index (κ3) is 2.20. The molecule has 5 heteroatoms. The van der Waals surface area contributed by atoms with Crippen LogP contribution in [0, 0.1) is 0 Å². The van der Waals surface area contributed by atoms with Crippen molar-refractivity contribution < 1.29 is 12.3 Å². The van der Waals surface area contributed by atoms with Crippen LogP contribution in [0.4, 0.5) is 5.69 Å². The second-order valence-electron chi connectivity index (χ2n) is 2.26. The number of hydrogen-bond acceptors (Lipinski definition) is 4. The Labute approximate surface area is 67.4 Å². The molecular weight excluding hydrogens is 209 g/mol. The fraction of sp³-hybridized carbons (Fsp3) is 0. The molecular formula is C6H10AsNO3. The van der Waals surface area contributed by atoms with Crippen LogP contribution in [0.25, 0.3) is 0 Å². The van der Waals surface area contributed by atoms with Crippen LogP contribution in [0.2, 0.25) is 0 Å². The van der Waals surface area contributed by atoms with E-state index in [1.807, 2.05) is 0 Å². The summed E-state index contributed by atoms with van der Waals surface area (Å²) in [6, 6.07) is 5.85. The van der Waals surface area contributed by atoms with E-state index in [4.69, 9.17) is 18.0 Å². The molecule has 0 radical (unpaired) electrons. The van der Waals surface area contributed by atoms with Crippen molar-refractivity contribution in [2.75, 3.05) is 5.73 Å². The van der Waals surface area contributed by atoms with Crippen LogP contribution < -0.4 is 10.1 Å². The van der Waals surface area contributed by atoms with Gasteiger partial charge >= 0.3 is 66.9 Å². The first-order valence-electron chi connectivity index (χ1n) is 3.03. The molecule has 0 saturated carbocycles. The Bertz CT molecular complexity index is 241. The van der Waals surface area contributed by atoms with E-state index in [1.54, 1.807) is 0 Å². The number of rotatable bonds is 1. The van der Waals surface area contributed by atoms with Gasteiger partial charge in [0.1, 0.15) is 0 Å². The standard InChI is InChI=1S/C6H10AsNO3/c8-6-3-1-5(2-4-6)7(9,10)11/h1-4,7,9-11H,8H2. The first-order valence-corrected chi connectivity index (χ1v) is 6.89. The average Bonchev–Trinajstić information content (AvgIpc) is 1.86. The van der Waals surface area contributed by atoms with Gasteiger partial charge in [0.2, 0.25) is 0 Å². The molecule has 11 heavy (non-hydrogen) atoms. The molecule has 0 aliphatic heterocycles. The molecule has 1 rings (SSSR count). The van der Waals surface area contributed by atoms with Gasteiger partial charge in [-0.2, -0.15) is 0 Å². The quantitative estimate of drug-likeness (QED) is 0.329. The third-order valence-electron chi connectivity index (χ3n) is 1.30. The molecule has 0 aliphatic carbocycles. The minimum atomic E-state index is -4.58. The van der Waals surface area contributed by atoms with Crippen molar-refractivity contribution in [2.24, 2.45) is 0 Å². The zero-order chi connectivity index (χ0) is 8.48. The number of nitrogen functional groups attached to an aromatic ring is 1. The summed E-state index contributed by atoms with van der Waals surface area (Å²) in [5.74, 6) is 0. The van der Waals surface area contributed by atoms with Crippen molar-refractivity contribution in [1.29, 1.82) is 0 Å². The molecule has 0 amide bonds. The molecule has 1 aromatic rings. The van der Waals surface area contributed by atoms with Gasteiger partial charge in [0, 0.05) is 0 Å². The van der Waals surface area contributed by atoms with Gasteiger partial charge < -0.3 is 0 Å². The van der Waals surface area contributed by atoms with Gasteiger partial charge in [0.15, 0.2) is 0 Å². The number of nitrogens with two attached hydrogens (primary N) is 1. The van der Waals surface area contributed by atoms with E-state index in [2.05, 4.69) is 0 Å². The monoisotopic (exact) mass is 219 g/mol. The van der Waals surface area contributed by atoms with Crippen LogP contribution in [-0.4, -0.2) is 26.9 Å². The molecule has 0 atom stereocenters. The van der Waals surface area contributed by atoms with Crippen molar-refractivity contribution in [3.63, 3.8) is 0 Å². The molecule has 0 unspecified atom stereocenters. The Hall–Kier alpha value is -0.542. The van der Waals surface area contributed by atoms with Crippen molar-refractivity contribution in [3.8, 4) is 0 Å². The molecule has 1 aromatic carbocycles. The van der Waals surface area contributed by atoms with Crippen LogP contribution >= 0.6 is 0 Å². The first kappa shape index (κ1) is 8.55. The summed E-state index contributed by atoms with van der Waals surface area (Å²) in [6.45, 7) is 0. The predicted molar refractivity (Wildman–Crippen MR) is 44.3 cm³/mol. The van der Waals surface area contributed by atoms with Crippen LogP contribution in [0.3, 0.4) is 0 Å². The van der Waals surface area contributed by atoms with E-state index in [1.165, 1.54) is 24.3 Å². The van der Waals surface area contributed by atoms with Gasteiger partial charge in [-0.3, -0.25) is 0 Å². The number of benzene rings is 1. The number of anilines is 1. The Balaban J connectivity index is 2.99. The van der Waals surface area contributed by atoms with E-state index in [0.29, 0.717) is 5.69 Å². The van der Waals surface area contributed by atoms with Gasteiger partial charge in [-0.25, -0.2) is 0 Å². The third-order valence-corrected chi connectivity index (χ3v) is 3.62. The summed E-state index contributed by atoms with van der Waals surface area (Å²) in [6.07, 6.45) is 0. The van der Waals surface area contributed by atoms with Gasteiger partial charge in [0.25, 0.3) is 0 Å². The zero-order valence-corrected chi connectivity index (χ0v) is 7.83. The molecule has 5 N–H and O–H groups in total. The van der Waals surface area contributed by atoms with Crippen molar-refractivity contribution in [2.45, 2.75) is 0 Å². The van der Waals surface area contributed by atoms with E-state index >= 15 is 0 Å². The van der Waals surface area contributed by atoms with E-state index < -0.39 is 14.6 Å². The van der Waals surface area contributed by atoms with Crippen LogP contribution in [0.5, 0.6) is 0 Å². The maximum atomic E-state index is 8.84. The second-order valence-corrected chi connectivity index (χ2v) is 6.14. The minimum absolute atomic E-state index is 0.180. The molecule has 0 saturated heterocycles. The van der Waals surface area contributed by atoms with Gasteiger partial charge in [-0.1, -0.05) is 0 Å². The molecule has 0 heterocycles. The number of hydrogen-bond donors (Lipinski definition) is 4. The summed E-state index contributed by atoms with van der Waals surface area (Å²) in [5.41, 5.74) is 5.87. The predicted octanol–water partition coefficient (Wildman–Crippen LogP) is -1.88. The molecule has 0 fully saturated rings. The van der Waals surface area contributed by atoms with Gasteiger partial charge in [-0.15, -0.1) is 0 Å². The second kappa shape index (κ2) is 2.83. The summed E-state index contributed by atoms with van der Waals surface area (Å²) >= 11 is -4.58.